The van der Waals surface area contributed by atoms with E-state index < -0.39 is 12.0 Å². The summed E-state index contributed by atoms with van der Waals surface area (Å²) in [5.41, 5.74) is 5.66. The molecule has 1 fully saturated rings. The average Bonchev–Trinajstić information content (AvgIpc) is 2.52. The SMILES string of the molecule is CCCCCOC(=O)C1CC(N)CC1O.Cl. The molecule has 1 aliphatic carbocycles. The molecule has 0 bridgehead atoms. The number of unbranched alkanes of at least 4 members (excludes halogenated alkanes) is 2. The van der Waals surface area contributed by atoms with Crippen LogP contribution in [-0.2, 0) is 9.53 Å². The van der Waals surface area contributed by atoms with Crippen molar-refractivity contribution >= 4 is 18.4 Å². The lowest BCUT2D eigenvalue weighted by Crippen LogP contribution is -2.25. The van der Waals surface area contributed by atoms with Crippen LogP contribution in [0.3, 0.4) is 0 Å². The number of nitrogens with two attached hydrogens (primary N) is 1. The number of rotatable bonds is 5. The van der Waals surface area contributed by atoms with Crippen LogP contribution in [0.2, 0.25) is 0 Å². The second-order valence-electron chi connectivity index (χ2n) is 4.28. The lowest BCUT2D eigenvalue weighted by molar-refractivity contribution is -0.151. The molecule has 0 aliphatic heterocycles. The van der Waals surface area contributed by atoms with Gasteiger partial charge in [0.25, 0.3) is 0 Å². The molecular weight excluding hydrogens is 230 g/mol. The summed E-state index contributed by atoms with van der Waals surface area (Å²) >= 11 is 0. The van der Waals surface area contributed by atoms with Gasteiger partial charge in [0.1, 0.15) is 0 Å². The summed E-state index contributed by atoms with van der Waals surface area (Å²) in [5.74, 6) is -0.687. The normalized spacial score (nSPS) is 28.6. The largest absolute Gasteiger partial charge is 0.465 e. The van der Waals surface area contributed by atoms with Gasteiger partial charge in [0.2, 0.25) is 0 Å². The Kier molecular flexibility index (Phi) is 7.72. The first-order chi connectivity index (χ1) is 7.15. The van der Waals surface area contributed by atoms with E-state index in [1.54, 1.807) is 0 Å². The lowest BCUT2D eigenvalue weighted by Gasteiger charge is -2.13. The van der Waals surface area contributed by atoms with Crippen molar-refractivity contribution in [2.24, 2.45) is 11.7 Å². The monoisotopic (exact) mass is 251 g/mol. The van der Waals surface area contributed by atoms with Gasteiger partial charge in [-0.05, 0) is 19.3 Å². The third kappa shape index (κ3) is 4.68. The van der Waals surface area contributed by atoms with E-state index in [4.69, 9.17) is 10.5 Å². The molecule has 3 unspecified atom stereocenters. The van der Waals surface area contributed by atoms with Crippen molar-refractivity contribution in [1.82, 2.24) is 0 Å². The molecular formula is C11H22ClNO3. The molecule has 5 heteroatoms. The summed E-state index contributed by atoms with van der Waals surface area (Å²) < 4.78 is 5.09. The highest BCUT2D eigenvalue weighted by atomic mass is 35.5. The predicted octanol–water partition coefficient (Wildman–Crippen LogP) is 1.24. The lowest BCUT2D eigenvalue weighted by atomic mass is 10.1. The van der Waals surface area contributed by atoms with Crippen LogP contribution in [0.15, 0.2) is 0 Å². The summed E-state index contributed by atoms with van der Waals surface area (Å²) in [5, 5.41) is 9.55. The van der Waals surface area contributed by atoms with Gasteiger partial charge in [-0.1, -0.05) is 19.8 Å². The molecule has 4 nitrogen and oxygen atoms in total. The Balaban J connectivity index is 0.00000225. The molecule has 0 spiro atoms. The van der Waals surface area contributed by atoms with Crippen molar-refractivity contribution in [3.8, 4) is 0 Å². The molecule has 3 N–H and O–H groups in total. The fourth-order valence-electron chi connectivity index (χ4n) is 1.94. The Morgan fingerprint density at radius 2 is 2.12 bits per heavy atom. The molecule has 0 aromatic carbocycles. The number of ether oxygens (including phenoxy) is 1. The van der Waals surface area contributed by atoms with Gasteiger partial charge in [-0.3, -0.25) is 4.79 Å². The van der Waals surface area contributed by atoms with Crippen molar-refractivity contribution in [1.29, 1.82) is 0 Å². The van der Waals surface area contributed by atoms with Crippen molar-refractivity contribution < 1.29 is 14.6 Å². The standard InChI is InChI=1S/C11H21NO3.ClH/c1-2-3-4-5-15-11(14)9-6-8(12)7-10(9)13;/h8-10,13H,2-7,12H2,1H3;1H. The number of aliphatic hydroxyl groups excluding tert-OH is 1. The molecule has 0 radical (unpaired) electrons. The third-order valence-corrected chi connectivity index (χ3v) is 2.86. The van der Waals surface area contributed by atoms with E-state index in [2.05, 4.69) is 6.92 Å². The van der Waals surface area contributed by atoms with E-state index in [-0.39, 0.29) is 24.4 Å². The van der Waals surface area contributed by atoms with Crippen LogP contribution in [0.4, 0.5) is 0 Å². The molecule has 3 atom stereocenters. The molecule has 1 aliphatic rings. The third-order valence-electron chi connectivity index (χ3n) is 2.86. The smallest absolute Gasteiger partial charge is 0.311 e. The first kappa shape index (κ1) is 15.7. The Bertz CT molecular complexity index is 213. The molecule has 1 rings (SSSR count). The maximum absolute atomic E-state index is 11.5. The summed E-state index contributed by atoms with van der Waals surface area (Å²) in [4.78, 5) is 11.5. The number of carbonyl (C=O) groups is 1. The first-order valence-corrected chi connectivity index (χ1v) is 5.75. The fraction of sp³-hybridized carbons (Fsp3) is 0.909. The van der Waals surface area contributed by atoms with Crippen LogP contribution in [-0.4, -0.2) is 29.8 Å². The van der Waals surface area contributed by atoms with Gasteiger partial charge in [-0.25, -0.2) is 0 Å². The van der Waals surface area contributed by atoms with E-state index in [1.807, 2.05) is 0 Å². The number of carbonyl (C=O) groups excluding carboxylic acids is 1. The number of halogens is 1. The van der Waals surface area contributed by atoms with Crippen molar-refractivity contribution in [3.63, 3.8) is 0 Å². The zero-order valence-corrected chi connectivity index (χ0v) is 10.5. The van der Waals surface area contributed by atoms with Gasteiger partial charge in [0.15, 0.2) is 0 Å². The summed E-state index contributed by atoms with van der Waals surface area (Å²) in [6.45, 7) is 2.56. The minimum absolute atomic E-state index is 0. The Morgan fingerprint density at radius 1 is 1.44 bits per heavy atom. The van der Waals surface area contributed by atoms with Gasteiger partial charge >= 0.3 is 5.97 Å². The molecule has 0 heterocycles. The fourth-order valence-corrected chi connectivity index (χ4v) is 1.94. The quantitative estimate of drug-likeness (QED) is 0.570. The highest BCUT2D eigenvalue weighted by Crippen LogP contribution is 2.25. The minimum Gasteiger partial charge on any atom is -0.465 e. The van der Waals surface area contributed by atoms with Crippen LogP contribution in [0.5, 0.6) is 0 Å². The average molecular weight is 252 g/mol. The van der Waals surface area contributed by atoms with Crippen LogP contribution < -0.4 is 5.73 Å². The van der Waals surface area contributed by atoms with Crippen LogP contribution in [0.1, 0.15) is 39.0 Å². The maximum Gasteiger partial charge on any atom is 0.311 e. The summed E-state index contributed by atoms with van der Waals surface area (Å²) in [6.07, 6.45) is 3.52. The van der Waals surface area contributed by atoms with Gasteiger partial charge in [0, 0.05) is 6.04 Å². The van der Waals surface area contributed by atoms with E-state index >= 15 is 0 Å². The van der Waals surface area contributed by atoms with Gasteiger partial charge in [-0.15, -0.1) is 12.4 Å². The van der Waals surface area contributed by atoms with E-state index in [1.165, 1.54) is 0 Å². The van der Waals surface area contributed by atoms with Gasteiger partial charge in [0.05, 0.1) is 18.6 Å². The van der Waals surface area contributed by atoms with Gasteiger partial charge < -0.3 is 15.6 Å². The zero-order chi connectivity index (χ0) is 11.3. The van der Waals surface area contributed by atoms with Crippen LogP contribution >= 0.6 is 12.4 Å². The highest BCUT2D eigenvalue weighted by Gasteiger charge is 2.36. The molecule has 96 valence electrons. The predicted molar refractivity (Wildman–Crippen MR) is 64.4 cm³/mol. The van der Waals surface area contributed by atoms with Crippen molar-refractivity contribution in [2.45, 2.75) is 51.2 Å². The zero-order valence-electron chi connectivity index (χ0n) is 9.72. The minimum atomic E-state index is -0.612. The molecule has 0 saturated heterocycles. The van der Waals surface area contributed by atoms with E-state index in [0.29, 0.717) is 19.4 Å². The second kappa shape index (κ2) is 7.87. The van der Waals surface area contributed by atoms with Crippen LogP contribution in [0.25, 0.3) is 0 Å². The van der Waals surface area contributed by atoms with Crippen LogP contribution in [0, 0.1) is 5.92 Å². The number of hydrogen-bond donors (Lipinski definition) is 2. The topological polar surface area (TPSA) is 72.5 Å². The molecule has 0 aromatic heterocycles. The summed E-state index contributed by atoms with van der Waals surface area (Å²) in [6, 6.07) is -0.0619. The van der Waals surface area contributed by atoms with E-state index in [9.17, 15) is 9.90 Å². The first-order valence-electron chi connectivity index (χ1n) is 5.75. The Hall–Kier alpha value is -0.320. The maximum atomic E-state index is 11.5. The highest BCUT2D eigenvalue weighted by molar-refractivity contribution is 5.85. The Labute approximate surface area is 103 Å². The van der Waals surface area contributed by atoms with E-state index in [0.717, 1.165) is 19.3 Å². The summed E-state index contributed by atoms with van der Waals surface area (Å²) in [7, 11) is 0. The number of esters is 1. The molecule has 1 saturated carbocycles. The van der Waals surface area contributed by atoms with Crippen molar-refractivity contribution in [2.75, 3.05) is 6.61 Å². The molecule has 0 amide bonds. The van der Waals surface area contributed by atoms with Gasteiger partial charge in [-0.2, -0.15) is 0 Å². The number of hydrogen-bond acceptors (Lipinski definition) is 4. The molecule has 0 aromatic rings. The second-order valence-corrected chi connectivity index (χ2v) is 4.28. The van der Waals surface area contributed by atoms with Crippen molar-refractivity contribution in [3.05, 3.63) is 0 Å². The Morgan fingerprint density at radius 3 is 2.62 bits per heavy atom. The molecule has 16 heavy (non-hydrogen) atoms. The number of aliphatic hydroxyl groups is 1.